The summed E-state index contributed by atoms with van der Waals surface area (Å²) in [5.74, 6) is -0.264. The standard InChI is InChI=1S/C25H22N4O3/c26-24(30)14-16-32-23-12-5-4-11-21(23)28-25(31)19-9-6-10-20(17-19)29-22(13-15-27-29)18-7-2-1-3-8-18/h1-13,15,17H,14,16H2,(H2,26,30)(H,28,31). The monoisotopic (exact) mass is 426 g/mol. The minimum Gasteiger partial charge on any atom is -0.491 e. The Kier molecular flexibility index (Phi) is 6.27. The molecule has 7 heteroatoms. The summed E-state index contributed by atoms with van der Waals surface area (Å²) in [7, 11) is 0. The van der Waals surface area contributed by atoms with Gasteiger partial charge in [0.2, 0.25) is 5.91 Å². The van der Waals surface area contributed by atoms with Crippen molar-refractivity contribution in [3.05, 3.63) is 96.7 Å². The van der Waals surface area contributed by atoms with Gasteiger partial charge in [0.1, 0.15) is 5.75 Å². The van der Waals surface area contributed by atoms with Crippen LogP contribution < -0.4 is 15.8 Å². The second-order valence-electron chi connectivity index (χ2n) is 7.06. The molecule has 0 saturated carbocycles. The van der Waals surface area contributed by atoms with E-state index < -0.39 is 5.91 Å². The van der Waals surface area contributed by atoms with Crippen molar-refractivity contribution < 1.29 is 14.3 Å². The van der Waals surface area contributed by atoms with E-state index in [4.69, 9.17) is 10.5 Å². The van der Waals surface area contributed by atoms with E-state index in [1.807, 2.05) is 48.5 Å². The van der Waals surface area contributed by atoms with E-state index in [-0.39, 0.29) is 18.9 Å². The number of hydrogen-bond acceptors (Lipinski definition) is 4. The molecule has 0 aliphatic rings. The van der Waals surface area contributed by atoms with Crippen LogP contribution in [0, 0.1) is 0 Å². The van der Waals surface area contributed by atoms with Crippen LogP contribution in [0.2, 0.25) is 0 Å². The minimum absolute atomic E-state index is 0.0952. The molecule has 4 rings (SSSR count). The number of nitrogens with two attached hydrogens (primary N) is 1. The fourth-order valence-corrected chi connectivity index (χ4v) is 3.27. The second-order valence-corrected chi connectivity index (χ2v) is 7.06. The molecule has 3 aromatic carbocycles. The van der Waals surface area contributed by atoms with Gasteiger partial charge in [-0.3, -0.25) is 9.59 Å². The van der Waals surface area contributed by atoms with Crippen LogP contribution in [0.4, 0.5) is 5.69 Å². The topological polar surface area (TPSA) is 99.2 Å². The fraction of sp³-hybridized carbons (Fsp3) is 0.0800. The van der Waals surface area contributed by atoms with Crippen molar-refractivity contribution in [3.8, 4) is 22.7 Å². The van der Waals surface area contributed by atoms with E-state index in [0.29, 0.717) is 17.0 Å². The molecule has 7 nitrogen and oxygen atoms in total. The molecule has 1 aromatic heterocycles. The number of amides is 2. The Balaban J connectivity index is 1.55. The molecule has 2 amide bonds. The van der Waals surface area contributed by atoms with E-state index in [9.17, 15) is 9.59 Å². The lowest BCUT2D eigenvalue weighted by Gasteiger charge is -2.13. The number of ether oxygens (including phenoxy) is 1. The summed E-state index contributed by atoms with van der Waals surface area (Å²) in [4.78, 5) is 23.9. The molecule has 0 fully saturated rings. The number of nitrogens with one attached hydrogen (secondary N) is 1. The minimum atomic E-state index is -0.447. The molecule has 1 heterocycles. The first kappa shape index (κ1) is 20.9. The number of hydrogen-bond donors (Lipinski definition) is 2. The summed E-state index contributed by atoms with van der Waals surface area (Å²) < 4.78 is 7.40. The lowest BCUT2D eigenvalue weighted by molar-refractivity contribution is -0.118. The maximum absolute atomic E-state index is 13.0. The highest BCUT2D eigenvalue weighted by Gasteiger charge is 2.13. The van der Waals surface area contributed by atoms with Crippen molar-refractivity contribution in [2.75, 3.05) is 11.9 Å². The molecule has 0 bridgehead atoms. The van der Waals surface area contributed by atoms with Crippen LogP contribution in [0.1, 0.15) is 16.8 Å². The molecule has 160 valence electrons. The lowest BCUT2D eigenvalue weighted by Crippen LogP contribution is -2.16. The number of para-hydroxylation sites is 2. The molecular formula is C25H22N4O3. The molecule has 0 unspecified atom stereocenters. The van der Waals surface area contributed by atoms with E-state index >= 15 is 0 Å². The normalized spacial score (nSPS) is 10.5. The van der Waals surface area contributed by atoms with Crippen LogP contribution >= 0.6 is 0 Å². The van der Waals surface area contributed by atoms with Gasteiger partial charge in [0, 0.05) is 11.1 Å². The van der Waals surface area contributed by atoms with Gasteiger partial charge < -0.3 is 15.8 Å². The van der Waals surface area contributed by atoms with Crippen LogP contribution in [0.15, 0.2) is 91.1 Å². The maximum atomic E-state index is 13.0. The smallest absolute Gasteiger partial charge is 0.255 e. The highest BCUT2D eigenvalue weighted by atomic mass is 16.5. The first-order valence-corrected chi connectivity index (χ1v) is 10.1. The Morgan fingerprint density at radius 3 is 2.53 bits per heavy atom. The summed E-state index contributed by atoms with van der Waals surface area (Å²) in [6.45, 7) is 0.138. The zero-order valence-corrected chi connectivity index (χ0v) is 17.3. The average Bonchev–Trinajstić information content (AvgIpc) is 3.31. The van der Waals surface area contributed by atoms with Crippen molar-refractivity contribution in [1.82, 2.24) is 9.78 Å². The van der Waals surface area contributed by atoms with Crippen molar-refractivity contribution in [2.45, 2.75) is 6.42 Å². The van der Waals surface area contributed by atoms with Gasteiger partial charge in [0.25, 0.3) is 5.91 Å². The number of aromatic nitrogens is 2. The van der Waals surface area contributed by atoms with Gasteiger partial charge in [0.15, 0.2) is 0 Å². The summed E-state index contributed by atoms with van der Waals surface area (Å²) in [6, 6.07) is 26.1. The van der Waals surface area contributed by atoms with Gasteiger partial charge in [-0.1, -0.05) is 48.5 Å². The van der Waals surface area contributed by atoms with E-state index in [2.05, 4.69) is 10.4 Å². The highest BCUT2D eigenvalue weighted by molar-refractivity contribution is 6.05. The predicted octanol–water partition coefficient (Wildman–Crippen LogP) is 4.05. The average molecular weight is 426 g/mol. The third kappa shape index (κ3) is 4.84. The SMILES string of the molecule is NC(=O)CCOc1ccccc1NC(=O)c1cccc(-n2nccc2-c2ccccc2)c1. The second kappa shape index (κ2) is 9.61. The van der Waals surface area contributed by atoms with Gasteiger partial charge >= 0.3 is 0 Å². The van der Waals surface area contributed by atoms with Crippen molar-refractivity contribution >= 4 is 17.5 Å². The van der Waals surface area contributed by atoms with Gasteiger partial charge in [-0.15, -0.1) is 0 Å². The number of nitrogens with zero attached hydrogens (tertiary/aromatic N) is 2. The summed E-state index contributed by atoms with van der Waals surface area (Å²) in [5.41, 5.74) is 8.87. The maximum Gasteiger partial charge on any atom is 0.255 e. The first-order chi connectivity index (χ1) is 15.6. The molecule has 32 heavy (non-hydrogen) atoms. The van der Waals surface area contributed by atoms with Gasteiger partial charge in [-0.2, -0.15) is 5.10 Å². The zero-order valence-electron chi connectivity index (χ0n) is 17.3. The van der Waals surface area contributed by atoms with Crippen molar-refractivity contribution in [1.29, 1.82) is 0 Å². The van der Waals surface area contributed by atoms with Gasteiger partial charge in [0.05, 0.1) is 36.3 Å². The van der Waals surface area contributed by atoms with Crippen LogP contribution in [0.25, 0.3) is 16.9 Å². The largest absolute Gasteiger partial charge is 0.491 e. The predicted molar refractivity (Wildman–Crippen MR) is 123 cm³/mol. The quantitative estimate of drug-likeness (QED) is 0.444. The Morgan fingerprint density at radius 2 is 1.72 bits per heavy atom. The first-order valence-electron chi connectivity index (χ1n) is 10.1. The summed E-state index contributed by atoms with van der Waals surface area (Å²) in [6.07, 6.45) is 1.83. The zero-order chi connectivity index (χ0) is 22.3. The molecule has 0 spiro atoms. The fourth-order valence-electron chi connectivity index (χ4n) is 3.27. The number of carbonyl (C=O) groups excluding carboxylic acids is 2. The molecular weight excluding hydrogens is 404 g/mol. The number of primary amides is 1. The Labute approximate surface area is 185 Å². The van der Waals surface area contributed by atoms with Crippen molar-refractivity contribution in [2.24, 2.45) is 5.73 Å². The summed E-state index contributed by atoms with van der Waals surface area (Å²) >= 11 is 0. The molecule has 0 radical (unpaired) electrons. The molecule has 0 aliphatic carbocycles. The Morgan fingerprint density at radius 1 is 0.938 bits per heavy atom. The van der Waals surface area contributed by atoms with Crippen LogP contribution in [-0.2, 0) is 4.79 Å². The number of rotatable bonds is 8. The number of carbonyl (C=O) groups is 2. The molecule has 0 aliphatic heterocycles. The van der Waals surface area contributed by atoms with Crippen LogP contribution in [0.3, 0.4) is 0 Å². The highest BCUT2D eigenvalue weighted by Crippen LogP contribution is 2.26. The molecule has 4 aromatic rings. The molecule has 0 saturated heterocycles. The number of benzene rings is 3. The van der Waals surface area contributed by atoms with Crippen LogP contribution in [-0.4, -0.2) is 28.2 Å². The van der Waals surface area contributed by atoms with E-state index in [1.165, 1.54) is 0 Å². The Hall–Kier alpha value is -4.39. The van der Waals surface area contributed by atoms with Crippen LogP contribution in [0.5, 0.6) is 5.75 Å². The number of anilines is 1. The Bertz CT molecular complexity index is 1230. The molecule has 0 atom stereocenters. The van der Waals surface area contributed by atoms with E-state index in [0.717, 1.165) is 16.9 Å². The third-order valence-corrected chi connectivity index (χ3v) is 4.81. The van der Waals surface area contributed by atoms with E-state index in [1.54, 1.807) is 47.3 Å². The van der Waals surface area contributed by atoms with Gasteiger partial charge in [-0.25, -0.2) is 4.68 Å². The molecule has 3 N–H and O–H groups in total. The van der Waals surface area contributed by atoms with Crippen molar-refractivity contribution in [3.63, 3.8) is 0 Å². The van der Waals surface area contributed by atoms with Gasteiger partial charge in [-0.05, 0) is 36.4 Å². The third-order valence-electron chi connectivity index (χ3n) is 4.81. The lowest BCUT2D eigenvalue weighted by atomic mass is 10.1. The summed E-state index contributed by atoms with van der Waals surface area (Å²) in [5, 5.41) is 7.31.